The van der Waals surface area contributed by atoms with Crippen LogP contribution in [0, 0.1) is 0 Å². The number of hydrogen-bond donors (Lipinski definition) is 2. The third-order valence-electron chi connectivity index (χ3n) is 3.25. The molecule has 80 valence electrons. The van der Waals surface area contributed by atoms with Crippen LogP contribution in [-0.4, -0.2) is 24.1 Å². The zero-order valence-electron chi connectivity index (χ0n) is 8.87. The van der Waals surface area contributed by atoms with Gasteiger partial charge < -0.3 is 10.6 Å². The van der Waals surface area contributed by atoms with E-state index in [1.54, 1.807) is 0 Å². The van der Waals surface area contributed by atoms with Gasteiger partial charge in [0.05, 0.1) is 0 Å². The van der Waals surface area contributed by atoms with Gasteiger partial charge in [0.25, 0.3) is 0 Å². The lowest BCUT2D eigenvalue weighted by atomic mass is 10.1. The molecular formula is C12H17N3. The molecule has 3 rings (SSSR count). The summed E-state index contributed by atoms with van der Waals surface area (Å²) < 4.78 is 0. The van der Waals surface area contributed by atoms with Crippen LogP contribution in [0.25, 0.3) is 0 Å². The van der Waals surface area contributed by atoms with Crippen molar-refractivity contribution in [3.63, 3.8) is 0 Å². The van der Waals surface area contributed by atoms with Crippen molar-refractivity contribution in [2.24, 2.45) is 0 Å². The number of hydrogen-bond acceptors (Lipinski definition) is 3. The molecule has 0 amide bonds. The quantitative estimate of drug-likeness (QED) is 0.785. The molecule has 2 aliphatic rings. The van der Waals surface area contributed by atoms with Gasteiger partial charge in [-0.2, -0.15) is 0 Å². The summed E-state index contributed by atoms with van der Waals surface area (Å²) in [7, 11) is 0. The van der Waals surface area contributed by atoms with Crippen LogP contribution >= 0.6 is 0 Å². The third-order valence-corrected chi connectivity index (χ3v) is 3.25. The molecule has 1 aliphatic heterocycles. The van der Waals surface area contributed by atoms with Crippen molar-refractivity contribution in [3.05, 3.63) is 23.9 Å². The number of nitrogens with zero attached hydrogens (tertiary/aromatic N) is 1. The molecule has 2 heterocycles. The van der Waals surface area contributed by atoms with Gasteiger partial charge in [-0.05, 0) is 49.4 Å². The molecule has 1 aliphatic carbocycles. The van der Waals surface area contributed by atoms with Crippen LogP contribution in [0.2, 0.25) is 0 Å². The Balaban J connectivity index is 1.70. The Kier molecular flexibility index (Phi) is 2.33. The molecule has 1 aromatic heterocycles. The van der Waals surface area contributed by atoms with E-state index in [4.69, 9.17) is 0 Å². The fraction of sp³-hybridized carbons (Fsp3) is 0.583. The summed E-state index contributed by atoms with van der Waals surface area (Å²) in [5, 5.41) is 6.84. The van der Waals surface area contributed by atoms with E-state index in [-0.39, 0.29) is 0 Å². The zero-order valence-corrected chi connectivity index (χ0v) is 8.87. The van der Waals surface area contributed by atoms with Crippen LogP contribution in [0.15, 0.2) is 18.3 Å². The highest BCUT2D eigenvalue weighted by atomic mass is 15.1. The Bertz CT molecular complexity index is 340. The van der Waals surface area contributed by atoms with Crippen molar-refractivity contribution in [3.8, 4) is 0 Å². The van der Waals surface area contributed by atoms with Crippen molar-refractivity contribution >= 4 is 5.82 Å². The average Bonchev–Trinajstić information content (AvgIpc) is 3.00. The summed E-state index contributed by atoms with van der Waals surface area (Å²) in [6, 6.07) is 4.93. The molecular weight excluding hydrogens is 186 g/mol. The molecule has 1 saturated carbocycles. The van der Waals surface area contributed by atoms with Crippen molar-refractivity contribution in [1.82, 2.24) is 10.3 Å². The van der Waals surface area contributed by atoms with Gasteiger partial charge in [-0.25, -0.2) is 4.98 Å². The SMILES string of the molecule is c1cc(C2CC2)cc(NC2CCNC2)n1. The Morgan fingerprint density at radius 3 is 3.00 bits per heavy atom. The lowest BCUT2D eigenvalue weighted by Gasteiger charge is -2.12. The van der Waals surface area contributed by atoms with Crippen molar-refractivity contribution in [1.29, 1.82) is 0 Å². The largest absolute Gasteiger partial charge is 0.366 e. The lowest BCUT2D eigenvalue weighted by molar-refractivity contribution is 0.787. The maximum absolute atomic E-state index is 4.37. The van der Waals surface area contributed by atoms with Crippen molar-refractivity contribution < 1.29 is 0 Å². The highest BCUT2D eigenvalue weighted by Gasteiger charge is 2.24. The van der Waals surface area contributed by atoms with Gasteiger partial charge in [0.2, 0.25) is 0 Å². The number of anilines is 1. The first kappa shape index (κ1) is 9.16. The van der Waals surface area contributed by atoms with Crippen LogP contribution in [0.3, 0.4) is 0 Å². The first-order chi connectivity index (χ1) is 7.42. The maximum Gasteiger partial charge on any atom is 0.126 e. The predicted octanol–water partition coefficient (Wildman–Crippen LogP) is 1.73. The molecule has 1 atom stereocenters. The normalized spacial score (nSPS) is 25.5. The molecule has 0 bridgehead atoms. The molecule has 0 spiro atoms. The van der Waals surface area contributed by atoms with Gasteiger partial charge in [-0.15, -0.1) is 0 Å². The smallest absolute Gasteiger partial charge is 0.126 e. The summed E-state index contributed by atoms with van der Waals surface area (Å²) in [6.45, 7) is 2.19. The van der Waals surface area contributed by atoms with Gasteiger partial charge in [-0.1, -0.05) is 0 Å². The summed E-state index contributed by atoms with van der Waals surface area (Å²) >= 11 is 0. The molecule has 2 N–H and O–H groups in total. The number of pyridine rings is 1. The Labute approximate surface area is 90.3 Å². The summed E-state index contributed by atoms with van der Waals surface area (Å²) in [6.07, 6.45) is 5.84. The second-order valence-corrected chi connectivity index (χ2v) is 4.58. The first-order valence-corrected chi connectivity index (χ1v) is 5.85. The topological polar surface area (TPSA) is 37.0 Å². The highest BCUT2D eigenvalue weighted by molar-refractivity contribution is 5.41. The van der Waals surface area contributed by atoms with Gasteiger partial charge >= 0.3 is 0 Å². The average molecular weight is 203 g/mol. The number of aromatic nitrogens is 1. The summed E-state index contributed by atoms with van der Waals surface area (Å²) in [5.74, 6) is 1.86. The molecule has 1 aromatic rings. The van der Waals surface area contributed by atoms with Crippen molar-refractivity contribution in [2.45, 2.75) is 31.2 Å². The summed E-state index contributed by atoms with van der Waals surface area (Å²) in [5.41, 5.74) is 1.46. The van der Waals surface area contributed by atoms with Crippen LogP contribution < -0.4 is 10.6 Å². The predicted molar refractivity (Wildman–Crippen MR) is 61.1 cm³/mol. The molecule has 0 radical (unpaired) electrons. The van der Waals surface area contributed by atoms with Crippen LogP contribution in [0.1, 0.15) is 30.7 Å². The van der Waals surface area contributed by atoms with E-state index in [2.05, 4.69) is 27.8 Å². The molecule has 3 nitrogen and oxygen atoms in total. The van der Waals surface area contributed by atoms with E-state index in [1.807, 2.05) is 6.20 Å². The second kappa shape index (κ2) is 3.81. The molecule has 1 saturated heterocycles. The monoisotopic (exact) mass is 203 g/mol. The Morgan fingerprint density at radius 1 is 1.33 bits per heavy atom. The Hall–Kier alpha value is -1.09. The lowest BCUT2D eigenvalue weighted by Crippen LogP contribution is -2.22. The second-order valence-electron chi connectivity index (χ2n) is 4.58. The van der Waals surface area contributed by atoms with Gasteiger partial charge in [0.1, 0.15) is 5.82 Å². The molecule has 0 aromatic carbocycles. The number of rotatable bonds is 3. The fourth-order valence-electron chi connectivity index (χ4n) is 2.18. The van der Waals surface area contributed by atoms with Crippen molar-refractivity contribution in [2.75, 3.05) is 18.4 Å². The standard InChI is InChI=1S/C12H17N3/c1-2-9(1)10-3-6-14-12(7-10)15-11-4-5-13-8-11/h3,6-7,9,11,13H,1-2,4-5,8H2,(H,14,15). The molecule has 2 fully saturated rings. The van der Waals surface area contributed by atoms with E-state index in [1.165, 1.54) is 24.8 Å². The van der Waals surface area contributed by atoms with Crippen LogP contribution in [0.4, 0.5) is 5.82 Å². The third kappa shape index (κ3) is 2.12. The maximum atomic E-state index is 4.37. The van der Waals surface area contributed by atoms with E-state index in [0.717, 1.165) is 24.8 Å². The zero-order chi connectivity index (χ0) is 10.1. The van der Waals surface area contributed by atoms with E-state index in [0.29, 0.717) is 6.04 Å². The minimum Gasteiger partial charge on any atom is -0.366 e. The minimum atomic E-state index is 0.562. The fourth-order valence-corrected chi connectivity index (χ4v) is 2.18. The molecule has 3 heteroatoms. The first-order valence-electron chi connectivity index (χ1n) is 5.85. The Morgan fingerprint density at radius 2 is 2.27 bits per heavy atom. The molecule has 15 heavy (non-hydrogen) atoms. The highest BCUT2D eigenvalue weighted by Crippen LogP contribution is 2.40. The van der Waals surface area contributed by atoms with Crippen LogP contribution in [0.5, 0.6) is 0 Å². The van der Waals surface area contributed by atoms with Gasteiger partial charge in [0, 0.05) is 18.8 Å². The number of nitrogens with one attached hydrogen (secondary N) is 2. The van der Waals surface area contributed by atoms with E-state index in [9.17, 15) is 0 Å². The van der Waals surface area contributed by atoms with E-state index >= 15 is 0 Å². The van der Waals surface area contributed by atoms with Gasteiger partial charge in [0.15, 0.2) is 0 Å². The van der Waals surface area contributed by atoms with Crippen LogP contribution in [-0.2, 0) is 0 Å². The molecule has 1 unspecified atom stereocenters. The minimum absolute atomic E-state index is 0.562. The summed E-state index contributed by atoms with van der Waals surface area (Å²) in [4.78, 5) is 4.37. The van der Waals surface area contributed by atoms with Gasteiger partial charge in [-0.3, -0.25) is 0 Å². The van der Waals surface area contributed by atoms with E-state index < -0.39 is 0 Å².